The predicted molar refractivity (Wildman–Crippen MR) is 38.3 cm³/mol. The molecule has 60 valence electrons. The Hall–Kier alpha value is -0.530. The summed E-state index contributed by atoms with van der Waals surface area (Å²) >= 11 is 0. The maximum atomic E-state index is 10.2. The summed E-state index contributed by atoms with van der Waals surface area (Å²) in [5, 5.41) is 10.2. The lowest BCUT2D eigenvalue weighted by Gasteiger charge is -2.10. The quantitative estimate of drug-likeness (QED) is 0.538. The van der Waals surface area contributed by atoms with E-state index in [1.807, 2.05) is 0 Å². The van der Waals surface area contributed by atoms with Crippen LogP contribution in [-0.4, -0.2) is 5.97 Å². The Morgan fingerprint density at radius 1 is 1.50 bits per heavy atom. The molecule has 0 fully saturated rings. The summed E-state index contributed by atoms with van der Waals surface area (Å²) in [6.45, 7) is 3.80. The number of carbonyl (C=O) groups is 1. The molecule has 0 aromatic rings. The van der Waals surface area contributed by atoms with E-state index in [0.29, 0.717) is 0 Å². The first kappa shape index (κ1) is 9.47. The Kier molecular flexibility index (Phi) is 4.99. The molecule has 0 radical (unpaired) electrons. The first-order valence-corrected chi connectivity index (χ1v) is 3.89. The van der Waals surface area contributed by atoms with Crippen molar-refractivity contribution in [1.82, 2.24) is 0 Å². The second kappa shape index (κ2) is 5.27. The van der Waals surface area contributed by atoms with Gasteiger partial charge in [-0.15, -0.1) is 0 Å². The summed E-state index contributed by atoms with van der Waals surface area (Å²) in [6, 6.07) is 0. The van der Waals surface area contributed by atoms with E-state index < -0.39 is 5.97 Å². The maximum Gasteiger partial charge on any atom is 0.0442 e. The van der Waals surface area contributed by atoms with Gasteiger partial charge in [-0.2, -0.15) is 0 Å². The zero-order valence-corrected chi connectivity index (χ0v) is 6.72. The fourth-order valence-corrected chi connectivity index (χ4v) is 0.818. The van der Waals surface area contributed by atoms with Crippen LogP contribution >= 0.6 is 0 Å². The molecule has 2 heteroatoms. The minimum atomic E-state index is -0.920. The summed E-state index contributed by atoms with van der Waals surface area (Å²) in [6.07, 6.45) is 4.03. The molecule has 0 bridgehead atoms. The molecule has 0 saturated carbocycles. The van der Waals surface area contributed by atoms with Crippen LogP contribution in [0.2, 0.25) is 0 Å². The Labute approximate surface area is 62.2 Å². The molecule has 1 unspecified atom stereocenters. The standard InChI is InChI=1S/C8H16O2/c1-3-4-5-6-7(2)8(9)10/h7H,3-6H2,1-2H3,(H,9,10)/p-1. The van der Waals surface area contributed by atoms with Gasteiger partial charge in [0.05, 0.1) is 0 Å². The van der Waals surface area contributed by atoms with E-state index >= 15 is 0 Å². The van der Waals surface area contributed by atoms with E-state index in [1.54, 1.807) is 6.92 Å². The van der Waals surface area contributed by atoms with Crippen LogP contribution < -0.4 is 5.11 Å². The number of carboxylic acid groups (broad SMARTS) is 1. The first-order valence-electron chi connectivity index (χ1n) is 3.89. The van der Waals surface area contributed by atoms with Gasteiger partial charge in [-0.3, -0.25) is 0 Å². The Balaban J connectivity index is 3.21. The summed E-state index contributed by atoms with van der Waals surface area (Å²) in [4.78, 5) is 10.2. The van der Waals surface area contributed by atoms with Crippen molar-refractivity contribution in [2.45, 2.75) is 39.5 Å². The van der Waals surface area contributed by atoms with E-state index in [0.717, 1.165) is 25.7 Å². The van der Waals surface area contributed by atoms with Crippen LogP contribution in [-0.2, 0) is 4.79 Å². The molecule has 0 N–H and O–H groups in total. The van der Waals surface area contributed by atoms with Gasteiger partial charge in [-0.05, 0) is 12.3 Å². The number of unbranched alkanes of at least 4 members (excludes halogenated alkanes) is 2. The maximum absolute atomic E-state index is 10.2. The molecule has 2 nitrogen and oxygen atoms in total. The number of hydrogen-bond acceptors (Lipinski definition) is 2. The van der Waals surface area contributed by atoms with E-state index in [-0.39, 0.29) is 5.92 Å². The van der Waals surface area contributed by atoms with Crippen molar-refractivity contribution in [2.24, 2.45) is 5.92 Å². The molecule has 0 spiro atoms. The molecule has 10 heavy (non-hydrogen) atoms. The molecule has 0 heterocycles. The zero-order chi connectivity index (χ0) is 7.98. The second-order valence-electron chi connectivity index (χ2n) is 2.72. The second-order valence-corrected chi connectivity index (χ2v) is 2.72. The van der Waals surface area contributed by atoms with Crippen molar-refractivity contribution < 1.29 is 9.90 Å². The topological polar surface area (TPSA) is 40.1 Å². The van der Waals surface area contributed by atoms with Gasteiger partial charge in [-0.25, -0.2) is 0 Å². The van der Waals surface area contributed by atoms with E-state index in [9.17, 15) is 9.90 Å². The lowest BCUT2D eigenvalue weighted by Crippen LogP contribution is -2.29. The van der Waals surface area contributed by atoms with Gasteiger partial charge in [0.2, 0.25) is 0 Å². The highest BCUT2D eigenvalue weighted by molar-refractivity contribution is 5.66. The summed E-state index contributed by atoms with van der Waals surface area (Å²) in [5.41, 5.74) is 0. The molecular formula is C8H15O2-. The SMILES string of the molecule is CCCCCC(C)C(=O)[O-]. The van der Waals surface area contributed by atoms with Crippen LogP contribution in [0.25, 0.3) is 0 Å². The van der Waals surface area contributed by atoms with Gasteiger partial charge < -0.3 is 9.90 Å². The van der Waals surface area contributed by atoms with Crippen molar-refractivity contribution in [3.05, 3.63) is 0 Å². The Morgan fingerprint density at radius 3 is 2.50 bits per heavy atom. The smallest absolute Gasteiger partial charge is 0.0442 e. The molecule has 0 aromatic carbocycles. The van der Waals surface area contributed by atoms with Crippen LogP contribution in [0, 0.1) is 5.92 Å². The summed E-state index contributed by atoms with van der Waals surface area (Å²) in [5.74, 6) is -1.19. The van der Waals surface area contributed by atoms with Crippen molar-refractivity contribution in [1.29, 1.82) is 0 Å². The highest BCUT2D eigenvalue weighted by Crippen LogP contribution is 2.07. The van der Waals surface area contributed by atoms with Gasteiger partial charge in [0.25, 0.3) is 0 Å². The predicted octanol–water partition coefficient (Wildman–Crippen LogP) is 0.953. The van der Waals surface area contributed by atoms with Crippen LogP contribution in [0.1, 0.15) is 39.5 Å². The fraction of sp³-hybridized carbons (Fsp3) is 0.875. The molecule has 0 rings (SSSR count). The van der Waals surface area contributed by atoms with E-state index in [2.05, 4.69) is 6.92 Å². The molecule has 0 saturated heterocycles. The number of carboxylic acids is 1. The van der Waals surface area contributed by atoms with Gasteiger partial charge in [-0.1, -0.05) is 33.1 Å². The third-order valence-corrected chi connectivity index (χ3v) is 1.64. The molecule has 0 aromatic heterocycles. The number of aliphatic carboxylic acids is 1. The van der Waals surface area contributed by atoms with Gasteiger partial charge in [0.1, 0.15) is 0 Å². The van der Waals surface area contributed by atoms with Crippen molar-refractivity contribution in [3.8, 4) is 0 Å². The first-order chi connectivity index (χ1) is 4.68. The average molecular weight is 143 g/mol. The molecule has 0 aliphatic heterocycles. The summed E-state index contributed by atoms with van der Waals surface area (Å²) < 4.78 is 0. The fourth-order valence-electron chi connectivity index (χ4n) is 0.818. The van der Waals surface area contributed by atoms with Gasteiger partial charge in [0, 0.05) is 5.97 Å². The number of hydrogen-bond donors (Lipinski definition) is 0. The zero-order valence-electron chi connectivity index (χ0n) is 6.72. The summed E-state index contributed by atoms with van der Waals surface area (Å²) in [7, 11) is 0. The van der Waals surface area contributed by atoms with Crippen molar-refractivity contribution in [3.63, 3.8) is 0 Å². The molecular weight excluding hydrogens is 128 g/mol. The van der Waals surface area contributed by atoms with Gasteiger partial charge in [0.15, 0.2) is 0 Å². The van der Waals surface area contributed by atoms with E-state index in [1.165, 1.54) is 0 Å². The molecule has 0 amide bonds. The highest BCUT2D eigenvalue weighted by atomic mass is 16.4. The highest BCUT2D eigenvalue weighted by Gasteiger charge is 2.00. The average Bonchev–Trinajstić information content (AvgIpc) is 1.88. The minimum absolute atomic E-state index is 0.272. The Morgan fingerprint density at radius 2 is 2.10 bits per heavy atom. The van der Waals surface area contributed by atoms with Crippen LogP contribution in [0.15, 0.2) is 0 Å². The lowest BCUT2D eigenvalue weighted by molar-refractivity contribution is -0.311. The van der Waals surface area contributed by atoms with Crippen LogP contribution in [0.3, 0.4) is 0 Å². The third kappa shape index (κ3) is 4.36. The minimum Gasteiger partial charge on any atom is -0.550 e. The third-order valence-electron chi connectivity index (χ3n) is 1.64. The molecule has 0 aliphatic rings. The number of rotatable bonds is 5. The lowest BCUT2D eigenvalue weighted by atomic mass is 10.0. The molecule has 1 atom stereocenters. The van der Waals surface area contributed by atoms with Crippen molar-refractivity contribution >= 4 is 5.97 Å². The van der Waals surface area contributed by atoms with E-state index in [4.69, 9.17) is 0 Å². The molecule has 0 aliphatic carbocycles. The van der Waals surface area contributed by atoms with Gasteiger partial charge >= 0.3 is 0 Å². The number of carbonyl (C=O) groups excluding carboxylic acids is 1. The largest absolute Gasteiger partial charge is 0.550 e. The van der Waals surface area contributed by atoms with Crippen LogP contribution in [0.5, 0.6) is 0 Å². The Bertz CT molecular complexity index is 99.4. The van der Waals surface area contributed by atoms with Crippen LogP contribution in [0.4, 0.5) is 0 Å². The van der Waals surface area contributed by atoms with Crippen molar-refractivity contribution in [2.75, 3.05) is 0 Å². The normalized spacial score (nSPS) is 13.0. The monoisotopic (exact) mass is 143 g/mol.